The lowest BCUT2D eigenvalue weighted by molar-refractivity contribution is -0.115. The first-order valence-corrected chi connectivity index (χ1v) is 13.6. The van der Waals surface area contributed by atoms with E-state index in [4.69, 9.17) is 9.47 Å². The Balaban J connectivity index is 1.26. The number of imide groups is 1. The van der Waals surface area contributed by atoms with Crippen LogP contribution in [0.25, 0.3) is 6.08 Å². The molecule has 196 valence electrons. The molecule has 37 heavy (non-hydrogen) atoms. The third-order valence-electron chi connectivity index (χ3n) is 7.99. The van der Waals surface area contributed by atoms with Gasteiger partial charge in [-0.1, -0.05) is 12.1 Å². The van der Waals surface area contributed by atoms with E-state index >= 15 is 0 Å². The van der Waals surface area contributed by atoms with Crippen LogP contribution < -0.4 is 14.8 Å². The van der Waals surface area contributed by atoms with Crippen molar-refractivity contribution in [3.05, 3.63) is 57.0 Å². The highest BCUT2D eigenvalue weighted by atomic mass is 32.2. The van der Waals surface area contributed by atoms with Gasteiger partial charge < -0.3 is 14.6 Å². The molecular formula is C29H34N2O5S. The van der Waals surface area contributed by atoms with Crippen molar-refractivity contribution in [2.75, 3.05) is 19.7 Å². The standard InChI is InChI=1S/C29H34N2O5S/c1-16-17(2)26-24(18(3)25(16)32)22(29(4,5)36-26)14-31-12-6-7-20(31)15-35-21-10-8-19(9-11-21)13-23-27(33)30-28(34)37-23/h8-11,13,20,22,32H,6-7,12,14-15H2,1-5H3,(H,30,33,34)/t20-,22?/m0/s1. The van der Waals surface area contributed by atoms with Gasteiger partial charge >= 0.3 is 0 Å². The molecule has 3 aliphatic heterocycles. The number of ether oxygens (including phenoxy) is 2. The first-order valence-electron chi connectivity index (χ1n) is 12.8. The van der Waals surface area contributed by atoms with Gasteiger partial charge in [0.05, 0.1) is 4.91 Å². The van der Waals surface area contributed by atoms with Gasteiger partial charge in [0.15, 0.2) is 0 Å². The molecule has 2 aromatic rings. The quantitative estimate of drug-likeness (QED) is 0.489. The molecule has 7 nitrogen and oxygen atoms in total. The molecular weight excluding hydrogens is 488 g/mol. The van der Waals surface area contributed by atoms with Crippen molar-refractivity contribution in [2.24, 2.45) is 0 Å². The SMILES string of the molecule is Cc1c(C)c2c(c(C)c1O)C(CN1CCC[C@H]1COc1ccc(C=C3SC(=O)NC3=O)cc1)C(C)(C)O2. The summed E-state index contributed by atoms with van der Waals surface area (Å²) in [6, 6.07) is 7.87. The molecule has 2 fully saturated rings. The zero-order chi connectivity index (χ0) is 26.5. The number of likely N-dealkylation sites (tertiary alicyclic amines) is 1. The van der Waals surface area contributed by atoms with Crippen molar-refractivity contribution >= 4 is 29.0 Å². The molecule has 0 aliphatic carbocycles. The minimum atomic E-state index is -0.366. The highest BCUT2D eigenvalue weighted by molar-refractivity contribution is 8.18. The smallest absolute Gasteiger partial charge is 0.290 e. The minimum absolute atomic E-state index is 0.151. The number of aromatic hydroxyl groups is 1. The summed E-state index contributed by atoms with van der Waals surface area (Å²) in [7, 11) is 0. The van der Waals surface area contributed by atoms with Crippen LogP contribution in [0.2, 0.25) is 0 Å². The van der Waals surface area contributed by atoms with Gasteiger partial charge in [-0.15, -0.1) is 0 Å². The second-order valence-electron chi connectivity index (χ2n) is 10.7. The van der Waals surface area contributed by atoms with Gasteiger partial charge in [-0.05, 0) is 106 Å². The summed E-state index contributed by atoms with van der Waals surface area (Å²) in [5.41, 5.74) is 4.45. The third kappa shape index (κ3) is 4.84. The maximum atomic E-state index is 11.8. The predicted molar refractivity (Wildman–Crippen MR) is 145 cm³/mol. The number of thioether (sulfide) groups is 1. The Morgan fingerprint density at radius 3 is 2.57 bits per heavy atom. The highest BCUT2D eigenvalue weighted by Crippen LogP contribution is 2.52. The molecule has 2 amide bonds. The van der Waals surface area contributed by atoms with Gasteiger partial charge in [-0.3, -0.25) is 19.8 Å². The number of benzene rings is 2. The molecule has 0 saturated carbocycles. The number of hydrogen-bond acceptors (Lipinski definition) is 7. The van der Waals surface area contributed by atoms with Gasteiger partial charge in [0.2, 0.25) is 0 Å². The number of hydrogen-bond donors (Lipinski definition) is 2. The number of phenols is 1. The molecule has 2 saturated heterocycles. The Hall–Kier alpha value is -2.97. The first-order chi connectivity index (χ1) is 17.5. The van der Waals surface area contributed by atoms with E-state index in [2.05, 4.69) is 24.1 Å². The van der Waals surface area contributed by atoms with E-state index in [1.54, 1.807) is 6.08 Å². The van der Waals surface area contributed by atoms with Crippen LogP contribution in [0, 0.1) is 20.8 Å². The second-order valence-corrected chi connectivity index (χ2v) is 11.8. The maximum absolute atomic E-state index is 11.8. The average molecular weight is 523 g/mol. The molecule has 0 radical (unpaired) electrons. The number of nitrogens with one attached hydrogen (secondary N) is 1. The van der Waals surface area contributed by atoms with Gasteiger partial charge in [-0.25, -0.2) is 0 Å². The van der Waals surface area contributed by atoms with Crippen molar-refractivity contribution in [1.29, 1.82) is 0 Å². The number of carbonyl (C=O) groups is 2. The molecule has 2 N–H and O–H groups in total. The van der Waals surface area contributed by atoms with Crippen molar-refractivity contribution < 1.29 is 24.2 Å². The topological polar surface area (TPSA) is 88.1 Å². The molecule has 1 unspecified atom stereocenters. The van der Waals surface area contributed by atoms with Crippen LogP contribution in [0.3, 0.4) is 0 Å². The van der Waals surface area contributed by atoms with Crippen LogP contribution in [0.15, 0.2) is 29.2 Å². The fourth-order valence-corrected chi connectivity index (χ4v) is 6.34. The van der Waals surface area contributed by atoms with Gasteiger partial charge in [-0.2, -0.15) is 0 Å². The number of carbonyl (C=O) groups excluding carboxylic acids is 2. The van der Waals surface area contributed by atoms with E-state index in [9.17, 15) is 14.7 Å². The van der Waals surface area contributed by atoms with E-state index in [1.807, 2.05) is 45.0 Å². The molecule has 0 spiro atoms. The van der Waals surface area contributed by atoms with Crippen LogP contribution in [0.1, 0.15) is 60.4 Å². The predicted octanol–water partition coefficient (Wildman–Crippen LogP) is 5.44. The Labute approximate surface area is 222 Å². The largest absolute Gasteiger partial charge is 0.507 e. The van der Waals surface area contributed by atoms with Crippen LogP contribution in [-0.2, 0) is 4.79 Å². The number of phenolic OH excluding ortho intramolecular Hbond substituents is 1. The van der Waals surface area contributed by atoms with Crippen LogP contribution in [0.4, 0.5) is 4.79 Å². The summed E-state index contributed by atoms with van der Waals surface area (Å²) in [4.78, 5) is 26.0. The summed E-state index contributed by atoms with van der Waals surface area (Å²) in [6.45, 7) is 12.7. The molecule has 3 aliphatic rings. The fraction of sp³-hybridized carbons (Fsp3) is 0.448. The minimum Gasteiger partial charge on any atom is -0.507 e. The zero-order valence-corrected chi connectivity index (χ0v) is 22.8. The summed E-state index contributed by atoms with van der Waals surface area (Å²) in [5, 5.41) is 12.7. The second kappa shape index (κ2) is 9.72. The van der Waals surface area contributed by atoms with Gasteiger partial charge in [0.25, 0.3) is 11.1 Å². The number of amides is 2. The molecule has 8 heteroatoms. The lowest BCUT2D eigenvalue weighted by Gasteiger charge is -2.33. The lowest BCUT2D eigenvalue weighted by atomic mass is 9.82. The monoisotopic (exact) mass is 522 g/mol. The lowest BCUT2D eigenvalue weighted by Crippen LogP contribution is -2.42. The number of nitrogens with zero attached hydrogens (tertiary/aromatic N) is 1. The number of fused-ring (bicyclic) bond motifs is 1. The summed E-state index contributed by atoms with van der Waals surface area (Å²) in [5.74, 6) is 1.88. The van der Waals surface area contributed by atoms with E-state index < -0.39 is 0 Å². The molecule has 3 heterocycles. The molecule has 2 atom stereocenters. The highest BCUT2D eigenvalue weighted by Gasteiger charge is 2.45. The zero-order valence-electron chi connectivity index (χ0n) is 22.0. The Kier molecular flexibility index (Phi) is 6.75. The molecule has 0 aromatic heterocycles. The summed E-state index contributed by atoms with van der Waals surface area (Å²) < 4.78 is 12.7. The van der Waals surface area contributed by atoms with Crippen molar-refractivity contribution in [1.82, 2.24) is 10.2 Å². The Morgan fingerprint density at radius 2 is 1.89 bits per heavy atom. The normalized spacial score (nSPS) is 23.9. The van der Waals surface area contributed by atoms with Crippen molar-refractivity contribution in [2.45, 2.75) is 65.0 Å². The van der Waals surface area contributed by atoms with E-state index in [-0.39, 0.29) is 22.7 Å². The van der Waals surface area contributed by atoms with Gasteiger partial charge in [0, 0.05) is 24.1 Å². The van der Waals surface area contributed by atoms with E-state index in [0.29, 0.717) is 23.3 Å². The first kappa shape index (κ1) is 25.7. The Morgan fingerprint density at radius 1 is 1.16 bits per heavy atom. The fourth-order valence-electron chi connectivity index (χ4n) is 5.66. The summed E-state index contributed by atoms with van der Waals surface area (Å²) in [6.07, 6.45) is 3.90. The average Bonchev–Trinajstić information content (AvgIpc) is 3.51. The van der Waals surface area contributed by atoms with Crippen LogP contribution in [-0.4, -0.2) is 52.5 Å². The third-order valence-corrected chi connectivity index (χ3v) is 8.80. The van der Waals surface area contributed by atoms with E-state index in [1.165, 1.54) is 0 Å². The van der Waals surface area contributed by atoms with E-state index in [0.717, 1.165) is 77.0 Å². The van der Waals surface area contributed by atoms with Crippen molar-refractivity contribution in [3.8, 4) is 17.2 Å². The maximum Gasteiger partial charge on any atom is 0.290 e. The Bertz CT molecular complexity index is 1280. The molecule has 0 bridgehead atoms. The van der Waals surface area contributed by atoms with Crippen LogP contribution >= 0.6 is 11.8 Å². The number of rotatable bonds is 6. The molecule has 2 aromatic carbocycles. The van der Waals surface area contributed by atoms with Crippen LogP contribution in [0.5, 0.6) is 17.2 Å². The molecule has 5 rings (SSSR count). The van der Waals surface area contributed by atoms with Gasteiger partial charge in [0.1, 0.15) is 29.5 Å². The summed E-state index contributed by atoms with van der Waals surface area (Å²) >= 11 is 0.913. The van der Waals surface area contributed by atoms with Crippen molar-refractivity contribution in [3.63, 3.8) is 0 Å².